The van der Waals surface area contributed by atoms with E-state index < -0.39 is 6.10 Å². The fourth-order valence-electron chi connectivity index (χ4n) is 0.575. The lowest BCUT2D eigenvalue weighted by atomic mass is 10.2. The molecule has 0 aliphatic carbocycles. The van der Waals surface area contributed by atoms with Gasteiger partial charge in [-0.25, -0.2) is 0 Å². The highest BCUT2D eigenvalue weighted by molar-refractivity contribution is 5.92. The Labute approximate surface area is 64.7 Å². The van der Waals surface area contributed by atoms with E-state index in [0.717, 1.165) is 18.8 Å². The lowest BCUT2D eigenvalue weighted by Gasteiger charge is -2.17. The van der Waals surface area contributed by atoms with E-state index in [1.165, 1.54) is 0 Å². The minimum absolute atomic E-state index is 0.208. The maximum Gasteiger partial charge on any atom is 0.173 e. The molecule has 0 unspecified atom stereocenters. The van der Waals surface area contributed by atoms with Crippen LogP contribution in [-0.4, -0.2) is 48.3 Å². The molecule has 0 atom stereocenters. The molecular weight excluding hydrogens is 148 g/mol. The number of nitrogens with one attached hydrogen (secondary N) is 1. The normalized spacial score (nSPS) is 16.5. The number of rotatable bonds is 4. The number of aliphatic hydroxyl groups is 2. The third kappa shape index (κ3) is 2.45. The van der Waals surface area contributed by atoms with Gasteiger partial charge in [0, 0.05) is 13.1 Å². The Hall–Kier alpha value is -0.650. The standard InChI is InChI=1S/C6H12N2O3/c9-3-6(4-10)11-8-5-1-7-2-5/h6-7,9-10H,1-4H2. The maximum absolute atomic E-state index is 8.56. The van der Waals surface area contributed by atoms with Crippen LogP contribution in [0.3, 0.4) is 0 Å². The van der Waals surface area contributed by atoms with E-state index in [2.05, 4.69) is 10.5 Å². The Balaban J connectivity index is 2.17. The van der Waals surface area contributed by atoms with Gasteiger partial charge in [-0.2, -0.15) is 0 Å². The first kappa shape index (κ1) is 8.45. The van der Waals surface area contributed by atoms with Gasteiger partial charge in [0.1, 0.15) is 0 Å². The van der Waals surface area contributed by atoms with Crippen LogP contribution < -0.4 is 5.32 Å². The van der Waals surface area contributed by atoms with E-state index in [4.69, 9.17) is 15.1 Å². The van der Waals surface area contributed by atoms with Crippen LogP contribution in [0.1, 0.15) is 0 Å². The number of nitrogens with zero attached hydrogens (tertiary/aromatic N) is 1. The predicted octanol–water partition coefficient (Wildman–Crippen LogP) is -1.68. The van der Waals surface area contributed by atoms with Crippen molar-refractivity contribution in [3.05, 3.63) is 0 Å². The zero-order chi connectivity index (χ0) is 8.10. The van der Waals surface area contributed by atoms with Crippen LogP contribution >= 0.6 is 0 Å². The van der Waals surface area contributed by atoms with Crippen molar-refractivity contribution in [2.75, 3.05) is 26.3 Å². The summed E-state index contributed by atoms with van der Waals surface area (Å²) < 4.78 is 0. The fraction of sp³-hybridized carbons (Fsp3) is 0.833. The third-order valence-corrected chi connectivity index (χ3v) is 1.40. The monoisotopic (exact) mass is 160 g/mol. The van der Waals surface area contributed by atoms with Crippen LogP contribution in [0.25, 0.3) is 0 Å². The van der Waals surface area contributed by atoms with Gasteiger partial charge in [0.2, 0.25) is 0 Å². The van der Waals surface area contributed by atoms with E-state index in [1.54, 1.807) is 0 Å². The molecule has 11 heavy (non-hydrogen) atoms. The first-order valence-corrected chi connectivity index (χ1v) is 3.51. The molecule has 5 heteroatoms. The molecule has 0 amide bonds. The quantitative estimate of drug-likeness (QED) is 0.429. The molecule has 5 nitrogen and oxygen atoms in total. The van der Waals surface area contributed by atoms with E-state index in [1.807, 2.05) is 0 Å². The van der Waals surface area contributed by atoms with Crippen molar-refractivity contribution < 1.29 is 15.1 Å². The van der Waals surface area contributed by atoms with Gasteiger partial charge in [0.15, 0.2) is 6.10 Å². The number of hydrogen-bond acceptors (Lipinski definition) is 5. The molecule has 64 valence electrons. The van der Waals surface area contributed by atoms with E-state index in [-0.39, 0.29) is 13.2 Å². The summed E-state index contributed by atoms with van der Waals surface area (Å²) in [6, 6.07) is 0. The zero-order valence-electron chi connectivity index (χ0n) is 6.16. The van der Waals surface area contributed by atoms with Crippen LogP contribution in [0, 0.1) is 0 Å². The summed E-state index contributed by atoms with van der Waals surface area (Å²) in [5.74, 6) is 0. The molecule has 1 heterocycles. The first-order valence-electron chi connectivity index (χ1n) is 3.51. The van der Waals surface area contributed by atoms with Gasteiger partial charge in [-0.05, 0) is 0 Å². The van der Waals surface area contributed by atoms with Crippen LogP contribution in [0.5, 0.6) is 0 Å². The van der Waals surface area contributed by atoms with Crippen LogP contribution in [-0.2, 0) is 4.84 Å². The molecule has 3 N–H and O–H groups in total. The van der Waals surface area contributed by atoms with Crippen molar-refractivity contribution in [1.29, 1.82) is 0 Å². The van der Waals surface area contributed by atoms with Crippen molar-refractivity contribution in [3.8, 4) is 0 Å². The fourth-order valence-corrected chi connectivity index (χ4v) is 0.575. The van der Waals surface area contributed by atoms with Gasteiger partial charge >= 0.3 is 0 Å². The molecule has 1 rings (SSSR count). The summed E-state index contributed by atoms with van der Waals surface area (Å²) in [7, 11) is 0. The van der Waals surface area contributed by atoms with Crippen LogP contribution in [0.4, 0.5) is 0 Å². The van der Waals surface area contributed by atoms with Crippen molar-refractivity contribution in [3.63, 3.8) is 0 Å². The maximum atomic E-state index is 8.56. The Morgan fingerprint density at radius 2 is 2.09 bits per heavy atom. The average molecular weight is 160 g/mol. The SMILES string of the molecule is OCC(CO)ON=C1CNC1. The highest BCUT2D eigenvalue weighted by atomic mass is 16.6. The largest absolute Gasteiger partial charge is 0.392 e. The van der Waals surface area contributed by atoms with Gasteiger partial charge in [-0.1, -0.05) is 5.16 Å². The molecule has 0 aromatic rings. The lowest BCUT2D eigenvalue weighted by Crippen LogP contribution is -2.43. The van der Waals surface area contributed by atoms with Crippen molar-refractivity contribution in [2.24, 2.45) is 5.16 Å². The predicted molar refractivity (Wildman–Crippen MR) is 39.3 cm³/mol. The summed E-state index contributed by atoms with van der Waals surface area (Å²) in [4.78, 5) is 4.79. The number of aliphatic hydroxyl groups excluding tert-OH is 2. The minimum Gasteiger partial charge on any atom is -0.392 e. The van der Waals surface area contributed by atoms with Gasteiger partial charge < -0.3 is 20.4 Å². The second-order valence-corrected chi connectivity index (χ2v) is 2.35. The summed E-state index contributed by atoms with van der Waals surface area (Å²) in [6.07, 6.45) is -0.580. The molecular formula is C6H12N2O3. The summed E-state index contributed by atoms with van der Waals surface area (Å²) >= 11 is 0. The van der Waals surface area contributed by atoms with E-state index in [0.29, 0.717) is 0 Å². The Bertz CT molecular complexity index is 139. The highest BCUT2D eigenvalue weighted by Crippen LogP contribution is 1.93. The van der Waals surface area contributed by atoms with Gasteiger partial charge in [-0.15, -0.1) is 0 Å². The molecule has 1 aliphatic heterocycles. The van der Waals surface area contributed by atoms with Crippen LogP contribution in [0.15, 0.2) is 5.16 Å². The molecule has 0 aromatic heterocycles. The van der Waals surface area contributed by atoms with Gasteiger partial charge in [0.25, 0.3) is 0 Å². The Morgan fingerprint density at radius 3 is 2.45 bits per heavy atom. The molecule has 0 spiro atoms. The molecule has 1 fully saturated rings. The second-order valence-electron chi connectivity index (χ2n) is 2.35. The number of hydrogen-bond donors (Lipinski definition) is 3. The minimum atomic E-state index is -0.580. The summed E-state index contributed by atoms with van der Waals surface area (Å²) in [5.41, 5.74) is 0.914. The smallest absolute Gasteiger partial charge is 0.173 e. The number of oxime groups is 1. The van der Waals surface area contributed by atoms with E-state index >= 15 is 0 Å². The van der Waals surface area contributed by atoms with Gasteiger partial charge in [0.05, 0.1) is 18.9 Å². The van der Waals surface area contributed by atoms with Crippen LogP contribution in [0.2, 0.25) is 0 Å². The average Bonchev–Trinajstić information content (AvgIpc) is 1.95. The van der Waals surface area contributed by atoms with Gasteiger partial charge in [-0.3, -0.25) is 0 Å². The second kappa shape index (κ2) is 4.27. The molecule has 0 radical (unpaired) electrons. The highest BCUT2D eigenvalue weighted by Gasteiger charge is 2.11. The molecule has 1 saturated heterocycles. The zero-order valence-corrected chi connectivity index (χ0v) is 6.16. The lowest BCUT2D eigenvalue weighted by molar-refractivity contribution is -0.0178. The molecule has 0 saturated carbocycles. The first-order chi connectivity index (χ1) is 5.36. The Morgan fingerprint density at radius 1 is 1.45 bits per heavy atom. The van der Waals surface area contributed by atoms with Crippen molar-refractivity contribution in [1.82, 2.24) is 5.32 Å². The van der Waals surface area contributed by atoms with E-state index in [9.17, 15) is 0 Å². The molecule has 1 aliphatic rings. The third-order valence-electron chi connectivity index (χ3n) is 1.40. The Kier molecular flexibility index (Phi) is 3.28. The van der Waals surface area contributed by atoms with Crippen molar-refractivity contribution in [2.45, 2.75) is 6.10 Å². The topological polar surface area (TPSA) is 74.1 Å². The molecule has 0 bridgehead atoms. The summed E-state index contributed by atoms with van der Waals surface area (Å²) in [5, 5.41) is 23.8. The molecule has 0 aromatic carbocycles. The van der Waals surface area contributed by atoms with Crippen molar-refractivity contribution >= 4 is 5.71 Å². The summed E-state index contributed by atoms with van der Waals surface area (Å²) in [6.45, 7) is 1.06.